The Bertz CT molecular complexity index is 583. The Balaban J connectivity index is 1.95. The lowest BCUT2D eigenvalue weighted by atomic mass is 10.1. The summed E-state index contributed by atoms with van der Waals surface area (Å²) in [6, 6.07) is 8.77. The van der Waals surface area contributed by atoms with Gasteiger partial charge >= 0.3 is 0 Å². The fourth-order valence-corrected chi connectivity index (χ4v) is 2.50. The second kappa shape index (κ2) is 3.91. The van der Waals surface area contributed by atoms with E-state index in [-0.39, 0.29) is 6.04 Å². The number of aryl methyl sites for hydroxylation is 1. The maximum Gasteiger partial charge on any atom is 0.180 e. The van der Waals surface area contributed by atoms with Gasteiger partial charge in [0.1, 0.15) is 6.61 Å². The van der Waals surface area contributed by atoms with Gasteiger partial charge in [0.15, 0.2) is 5.90 Å². The van der Waals surface area contributed by atoms with Crippen molar-refractivity contribution in [2.45, 2.75) is 19.4 Å². The molecular weight excluding hydrogens is 212 g/mol. The molecule has 1 aliphatic rings. The molecule has 0 N–H and O–H groups in total. The summed E-state index contributed by atoms with van der Waals surface area (Å²) in [7, 11) is 2.09. The molecule has 0 aliphatic carbocycles. The first-order chi connectivity index (χ1) is 8.24. The number of aromatic nitrogens is 1. The van der Waals surface area contributed by atoms with Crippen LogP contribution in [0.25, 0.3) is 10.9 Å². The van der Waals surface area contributed by atoms with Crippen molar-refractivity contribution >= 4 is 16.8 Å². The molecule has 0 bridgehead atoms. The largest absolute Gasteiger partial charge is 0.479 e. The lowest BCUT2D eigenvalue weighted by Crippen LogP contribution is -2.09. The molecular formula is C14H16N2O. The van der Waals surface area contributed by atoms with Crippen molar-refractivity contribution in [2.24, 2.45) is 12.0 Å². The molecule has 0 saturated heterocycles. The number of aliphatic imine (C=N–C) groups is 1. The average molecular weight is 228 g/mol. The maximum absolute atomic E-state index is 5.40. The van der Waals surface area contributed by atoms with Crippen LogP contribution in [-0.4, -0.2) is 23.1 Å². The summed E-state index contributed by atoms with van der Waals surface area (Å²) in [6.45, 7) is 2.64. The molecule has 3 heteroatoms. The molecule has 2 aromatic rings. The van der Waals surface area contributed by atoms with E-state index in [1.807, 2.05) is 6.92 Å². The van der Waals surface area contributed by atoms with Crippen molar-refractivity contribution in [2.75, 3.05) is 6.61 Å². The summed E-state index contributed by atoms with van der Waals surface area (Å²) in [5.74, 6) is 0.815. The van der Waals surface area contributed by atoms with Crippen LogP contribution >= 0.6 is 0 Å². The highest BCUT2D eigenvalue weighted by atomic mass is 16.5. The van der Waals surface area contributed by atoms with Crippen LogP contribution in [0, 0.1) is 0 Å². The molecule has 2 heterocycles. The highest BCUT2D eigenvalue weighted by Crippen LogP contribution is 2.23. The summed E-state index contributed by atoms with van der Waals surface area (Å²) >= 11 is 0. The van der Waals surface area contributed by atoms with Crippen LogP contribution in [-0.2, 0) is 18.2 Å². The van der Waals surface area contributed by atoms with E-state index in [2.05, 4.69) is 47.1 Å². The highest BCUT2D eigenvalue weighted by Gasteiger charge is 2.18. The summed E-state index contributed by atoms with van der Waals surface area (Å²) in [5, 5.41) is 1.33. The predicted molar refractivity (Wildman–Crippen MR) is 69.5 cm³/mol. The third-order valence-electron chi connectivity index (χ3n) is 3.28. The van der Waals surface area contributed by atoms with E-state index in [0.717, 1.165) is 18.9 Å². The van der Waals surface area contributed by atoms with Gasteiger partial charge in [-0.15, -0.1) is 0 Å². The topological polar surface area (TPSA) is 26.5 Å². The Hall–Kier alpha value is -1.77. The lowest BCUT2D eigenvalue weighted by Gasteiger charge is -2.03. The maximum atomic E-state index is 5.40. The van der Waals surface area contributed by atoms with Gasteiger partial charge in [-0.3, -0.25) is 0 Å². The predicted octanol–water partition coefficient (Wildman–Crippen LogP) is 2.54. The summed E-state index contributed by atoms with van der Waals surface area (Å²) < 4.78 is 7.58. The van der Waals surface area contributed by atoms with E-state index in [9.17, 15) is 0 Å². The van der Waals surface area contributed by atoms with Gasteiger partial charge < -0.3 is 9.30 Å². The van der Waals surface area contributed by atoms with Crippen LogP contribution < -0.4 is 0 Å². The quantitative estimate of drug-likeness (QED) is 0.775. The van der Waals surface area contributed by atoms with Crippen LogP contribution in [0.15, 0.2) is 35.5 Å². The van der Waals surface area contributed by atoms with Crippen molar-refractivity contribution in [3.63, 3.8) is 0 Å². The molecule has 88 valence electrons. The smallest absolute Gasteiger partial charge is 0.180 e. The molecule has 1 atom stereocenters. The molecule has 17 heavy (non-hydrogen) atoms. The number of ether oxygens (including phenoxy) is 1. The van der Waals surface area contributed by atoms with E-state index in [4.69, 9.17) is 4.74 Å². The standard InChI is InChI=1S/C14H16N2O/c1-10-15-12(9-17-10)7-11-8-16(2)14-6-4-3-5-13(11)14/h3-6,8,12H,7,9H2,1-2H3/t12-/m0/s1. The minimum atomic E-state index is 0.279. The first-order valence-electron chi connectivity index (χ1n) is 5.94. The minimum absolute atomic E-state index is 0.279. The number of rotatable bonds is 2. The van der Waals surface area contributed by atoms with Gasteiger partial charge in [-0.2, -0.15) is 0 Å². The molecule has 3 nitrogen and oxygen atoms in total. The van der Waals surface area contributed by atoms with Crippen LogP contribution in [0.5, 0.6) is 0 Å². The van der Waals surface area contributed by atoms with Crippen LogP contribution in [0.2, 0.25) is 0 Å². The summed E-state index contributed by atoms with van der Waals surface area (Å²) in [5.41, 5.74) is 2.64. The second-order valence-corrected chi connectivity index (χ2v) is 4.60. The molecule has 1 aromatic heterocycles. The number of nitrogens with zero attached hydrogens (tertiary/aromatic N) is 2. The number of hydrogen-bond donors (Lipinski definition) is 0. The molecule has 0 spiro atoms. The third-order valence-corrected chi connectivity index (χ3v) is 3.28. The third kappa shape index (κ3) is 1.82. The van der Waals surface area contributed by atoms with E-state index in [1.54, 1.807) is 0 Å². The van der Waals surface area contributed by atoms with Crippen LogP contribution in [0.3, 0.4) is 0 Å². The molecule has 0 unspecified atom stereocenters. The first-order valence-corrected chi connectivity index (χ1v) is 5.94. The second-order valence-electron chi connectivity index (χ2n) is 4.60. The van der Waals surface area contributed by atoms with E-state index in [1.165, 1.54) is 16.5 Å². The zero-order chi connectivity index (χ0) is 11.8. The minimum Gasteiger partial charge on any atom is -0.479 e. The molecule has 0 amide bonds. The van der Waals surface area contributed by atoms with Crippen molar-refractivity contribution in [3.05, 3.63) is 36.0 Å². The van der Waals surface area contributed by atoms with Crippen molar-refractivity contribution in [3.8, 4) is 0 Å². The Morgan fingerprint density at radius 2 is 2.24 bits per heavy atom. The van der Waals surface area contributed by atoms with Crippen molar-refractivity contribution in [1.29, 1.82) is 0 Å². The molecule has 0 fully saturated rings. The van der Waals surface area contributed by atoms with Gasteiger partial charge in [0.25, 0.3) is 0 Å². The Morgan fingerprint density at radius 3 is 3.00 bits per heavy atom. The van der Waals surface area contributed by atoms with E-state index in [0.29, 0.717) is 0 Å². The molecule has 1 aliphatic heterocycles. The van der Waals surface area contributed by atoms with Gasteiger partial charge in [0.05, 0.1) is 6.04 Å². The summed E-state index contributed by atoms with van der Waals surface area (Å²) in [6.07, 6.45) is 3.16. The lowest BCUT2D eigenvalue weighted by molar-refractivity contribution is 0.314. The molecule has 3 rings (SSSR count). The SMILES string of the molecule is CC1=N[C@@H](Cc2cn(C)c3ccccc23)CO1. The van der Waals surface area contributed by atoms with Gasteiger partial charge in [0.2, 0.25) is 0 Å². The molecule has 0 saturated carbocycles. The monoisotopic (exact) mass is 228 g/mol. The number of para-hydroxylation sites is 1. The van der Waals surface area contributed by atoms with E-state index >= 15 is 0 Å². The van der Waals surface area contributed by atoms with Crippen LogP contribution in [0.1, 0.15) is 12.5 Å². The normalized spacial score (nSPS) is 19.4. The Labute approximate surface area is 101 Å². The Morgan fingerprint density at radius 1 is 1.41 bits per heavy atom. The first kappa shape index (κ1) is 10.4. The zero-order valence-corrected chi connectivity index (χ0v) is 10.2. The van der Waals surface area contributed by atoms with Gasteiger partial charge in [-0.05, 0) is 11.6 Å². The molecule has 0 radical (unpaired) electrons. The van der Waals surface area contributed by atoms with Gasteiger partial charge in [-0.1, -0.05) is 18.2 Å². The number of fused-ring (bicyclic) bond motifs is 1. The number of hydrogen-bond acceptors (Lipinski definition) is 2. The highest BCUT2D eigenvalue weighted by molar-refractivity contribution is 5.84. The molecule has 1 aromatic carbocycles. The fraction of sp³-hybridized carbons (Fsp3) is 0.357. The van der Waals surface area contributed by atoms with Gasteiger partial charge in [0, 0.05) is 37.5 Å². The van der Waals surface area contributed by atoms with E-state index < -0.39 is 0 Å². The van der Waals surface area contributed by atoms with Crippen molar-refractivity contribution < 1.29 is 4.74 Å². The number of benzene rings is 1. The summed E-state index contributed by atoms with van der Waals surface area (Å²) in [4.78, 5) is 4.48. The zero-order valence-electron chi connectivity index (χ0n) is 10.2. The van der Waals surface area contributed by atoms with Gasteiger partial charge in [-0.25, -0.2) is 4.99 Å². The Kier molecular flexibility index (Phi) is 2.39. The average Bonchev–Trinajstić information content (AvgIpc) is 2.86. The van der Waals surface area contributed by atoms with Crippen LogP contribution in [0.4, 0.5) is 0 Å². The van der Waals surface area contributed by atoms with Crippen molar-refractivity contribution in [1.82, 2.24) is 4.57 Å². The fourth-order valence-electron chi connectivity index (χ4n) is 2.50.